The summed E-state index contributed by atoms with van der Waals surface area (Å²) in [5.41, 5.74) is 2.63. The molecule has 0 aliphatic heterocycles. The number of sulfonamides is 1. The molecule has 2 aromatic rings. The Balaban J connectivity index is 1.61. The van der Waals surface area contributed by atoms with Gasteiger partial charge in [-0.05, 0) is 63.6 Å². The van der Waals surface area contributed by atoms with Crippen LogP contribution in [-0.2, 0) is 10.0 Å². The van der Waals surface area contributed by atoms with Crippen molar-refractivity contribution in [1.29, 1.82) is 0 Å². The minimum atomic E-state index is -3.54. The fourth-order valence-corrected chi connectivity index (χ4v) is 5.64. The third kappa shape index (κ3) is 5.00. The lowest BCUT2D eigenvalue weighted by atomic mass is 9.94. The minimum absolute atomic E-state index is 0.0438. The van der Waals surface area contributed by atoms with Crippen molar-refractivity contribution in [2.45, 2.75) is 63.5 Å². The molecule has 5 nitrogen and oxygen atoms in total. The van der Waals surface area contributed by atoms with Gasteiger partial charge in [-0.25, -0.2) is 18.1 Å². The molecule has 0 spiro atoms. The summed E-state index contributed by atoms with van der Waals surface area (Å²) in [4.78, 5) is 4.55. The molecule has 0 saturated heterocycles. The summed E-state index contributed by atoms with van der Waals surface area (Å²) in [5.74, 6) is 0.550. The monoisotopic (exact) mass is 408 g/mol. The molecule has 0 radical (unpaired) electrons. The van der Waals surface area contributed by atoms with Gasteiger partial charge in [0.25, 0.3) is 0 Å². The van der Waals surface area contributed by atoms with E-state index in [2.05, 4.69) is 9.71 Å². The summed E-state index contributed by atoms with van der Waals surface area (Å²) >= 11 is 5.83. The second-order valence-corrected chi connectivity index (χ2v) is 9.34. The van der Waals surface area contributed by atoms with Crippen LogP contribution in [0, 0.1) is 20.8 Å². The maximum Gasteiger partial charge on any atom is 0.241 e. The SMILES string of the molecule is Cc1cc(C)c(S(=O)(=O)NC2CCC(Oc3ccc(Cl)cn3)CC2)c(C)c1. The molecule has 0 atom stereocenters. The second-order valence-electron chi connectivity index (χ2n) is 7.26. The fraction of sp³-hybridized carbons (Fsp3) is 0.450. The van der Waals surface area contributed by atoms with E-state index in [1.165, 1.54) is 0 Å². The molecule has 0 amide bonds. The lowest BCUT2D eigenvalue weighted by Crippen LogP contribution is -2.40. The Bertz CT molecular complexity index is 882. The van der Waals surface area contributed by atoms with Crippen LogP contribution in [0.4, 0.5) is 0 Å². The molecule has 1 aromatic carbocycles. The zero-order chi connectivity index (χ0) is 19.6. The van der Waals surface area contributed by atoms with E-state index in [0.29, 0.717) is 15.8 Å². The average molecular weight is 409 g/mol. The highest BCUT2D eigenvalue weighted by atomic mass is 35.5. The Labute approximate surface area is 166 Å². The Morgan fingerprint density at radius 2 is 1.70 bits per heavy atom. The largest absolute Gasteiger partial charge is 0.474 e. The molecule has 1 aliphatic carbocycles. The normalized spacial score (nSPS) is 20.4. The van der Waals surface area contributed by atoms with Crippen LogP contribution in [0.15, 0.2) is 35.4 Å². The number of hydrogen-bond donors (Lipinski definition) is 1. The summed E-state index contributed by atoms with van der Waals surface area (Å²) < 4.78 is 34.6. The number of aromatic nitrogens is 1. The second kappa shape index (κ2) is 8.17. The topological polar surface area (TPSA) is 68.3 Å². The van der Waals surface area contributed by atoms with Gasteiger partial charge in [0.15, 0.2) is 0 Å². The Kier molecular flexibility index (Phi) is 6.08. The molecular formula is C20H25ClN2O3S. The third-order valence-corrected chi connectivity index (χ3v) is 6.91. The van der Waals surface area contributed by atoms with Crippen molar-refractivity contribution in [3.8, 4) is 5.88 Å². The van der Waals surface area contributed by atoms with Gasteiger partial charge in [0.05, 0.1) is 9.92 Å². The lowest BCUT2D eigenvalue weighted by Gasteiger charge is -2.29. The molecule has 1 heterocycles. The molecule has 0 unspecified atom stereocenters. The molecular weight excluding hydrogens is 384 g/mol. The predicted molar refractivity (Wildman–Crippen MR) is 107 cm³/mol. The van der Waals surface area contributed by atoms with Crippen molar-refractivity contribution in [2.75, 3.05) is 0 Å². The van der Waals surface area contributed by atoms with E-state index >= 15 is 0 Å². The molecule has 3 rings (SSSR count). The van der Waals surface area contributed by atoms with Crippen molar-refractivity contribution in [1.82, 2.24) is 9.71 Å². The molecule has 0 bridgehead atoms. The van der Waals surface area contributed by atoms with Gasteiger partial charge >= 0.3 is 0 Å². The number of halogens is 1. The van der Waals surface area contributed by atoms with E-state index in [4.69, 9.17) is 16.3 Å². The average Bonchev–Trinajstić information content (AvgIpc) is 2.57. The Morgan fingerprint density at radius 3 is 2.26 bits per heavy atom. The van der Waals surface area contributed by atoms with Crippen molar-refractivity contribution < 1.29 is 13.2 Å². The van der Waals surface area contributed by atoms with Gasteiger partial charge in [-0.3, -0.25) is 0 Å². The number of hydrogen-bond acceptors (Lipinski definition) is 4. The first-order valence-corrected chi connectivity index (χ1v) is 11.0. The Hall–Kier alpha value is -1.63. The van der Waals surface area contributed by atoms with Crippen LogP contribution < -0.4 is 9.46 Å². The van der Waals surface area contributed by atoms with Gasteiger partial charge in [-0.2, -0.15) is 0 Å². The smallest absolute Gasteiger partial charge is 0.241 e. The van der Waals surface area contributed by atoms with E-state index in [-0.39, 0.29) is 12.1 Å². The van der Waals surface area contributed by atoms with Crippen LogP contribution in [0.2, 0.25) is 5.02 Å². The standard InChI is InChI=1S/C20H25ClN2O3S/c1-13-10-14(2)20(15(3)11-13)27(24,25)23-17-5-7-18(8-6-17)26-19-9-4-16(21)12-22-19/h4,9-12,17-18,23H,5-8H2,1-3H3. The van der Waals surface area contributed by atoms with Crippen LogP contribution >= 0.6 is 11.6 Å². The number of rotatable bonds is 5. The molecule has 1 fully saturated rings. The summed E-state index contributed by atoms with van der Waals surface area (Å²) in [7, 11) is -3.54. The summed E-state index contributed by atoms with van der Waals surface area (Å²) in [6.45, 7) is 5.66. The number of aryl methyl sites for hydroxylation is 3. The van der Waals surface area contributed by atoms with Crippen molar-refractivity contribution in [2.24, 2.45) is 0 Å². The maximum atomic E-state index is 12.9. The van der Waals surface area contributed by atoms with Gasteiger partial charge in [-0.15, -0.1) is 0 Å². The molecule has 1 aliphatic rings. The highest BCUT2D eigenvalue weighted by Crippen LogP contribution is 2.26. The van der Waals surface area contributed by atoms with Crippen molar-refractivity contribution in [3.63, 3.8) is 0 Å². The Morgan fingerprint density at radius 1 is 1.07 bits per heavy atom. The molecule has 7 heteroatoms. The summed E-state index contributed by atoms with van der Waals surface area (Å²) in [6.07, 6.45) is 4.64. The summed E-state index contributed by atoms with van der Waals surface area (Å²) in [6, 6.07) is 7.24. The van der Waals surface area contributed by atoms with E-state index in [1.807, 2.05) is 32.9 Å². The van der Waals surface area contributed by atoms with Gasteiger partial charge < -0.3 is 4.74 Å². The van der Waals surface area contributed by atoms with Crippen molar-refractivity contribution in [3.05, 3.63) is 52.2 Å². The quantitative estimate of drug-likeness (QED) is 0.799. The van der Waals surface area contributed by atoms with Crippen LogP contribution in [0.5, 0.6) is 5.88 Å². The maximum absolute atomic E-state index is 12.9. The molecule has 1 N–H and O–H groups in total. The van der Waals surface area contributed by atoms with E-state index in [1.54, 1.807) is 18.3 Å². The van der Waals surface area contributed by atoms with Gasteiger partial charge in [0.2, 0.25) is 15.9 Å². The summed E-state index contributed by atoms with van der Waals surface area (Å²) in [5, 5.41) is 0.571. The first-order chi connectivity index (χ1) is 12.7. The number of nitrogens with zero attached hydrogens (tertiary/aromatic N) is 1. The van der Waals surface area contributed by atoms with Crippen LogP contribution in [-0.4, -0.2) is 25.5 Å². The lowest BCUT2D eigenvalue weighted by molar-refractivity contribution is 0.138. The molecule has 146 valence electrons. The number of benzene rings is 1. The van der Waals surface area contributed by atoms with E-state index in [9.17, 15) is 8.42 Å². The van der Waals surface area contributed by atoms with Gasteiger partial charge in [0, 0.05) is 18.3 Å². The van der Waals surface area contributed by atoms with Gasteiger partial charge in [0.1, 0.15) is 6.10 Å². The van der Waals surface area contributed by atoms with Crippen molar-refractivity contribution >= 4 is 21.6 Å². The highest BCUT2D eigenvalue weighted by molar-refractivity contribution is 7.89. The van der Waals surface area contributed by atoms with E-state index in [0.717, 1.165) is 42.4 Å². The fourth-order valence-electron chi connectivity index (χ4n) is 3.77. The first kappa shape index (κ1) is 20.1. The minimum Gasteiger partial charge on any atom is -0.474 e. The highest BCUT2D eigenvalue weighted by Gasteiger charge is 2.28. The zero-order valence-corrected chi connectivity index (χ0v) is 17.4. The van der Waals surface area contributed by atoms with E-state index < -0.39 is 10.0 Å². The van der Waals surface area contributed by atoms with Crippen LogP contribution in [0.3, 0.4) is 0 Å². The first-order valence-electron chi connectivity index (χ1n) is 9.13. The molecule has 1 aromatic heterocycles. The predicted octanol–water partition coefficient (Wildman–Crippen LogP) is 4.33. The number of pyridine rings is 1. The van der Waals surface area contributed by atoms with Crippen LogP contribution in [0.1, 0.15) is 42.4 Å². The number of nitrogens with one attached hydrogen (secondary N) is 1. The third-order valence-electron chi connectivity index (χ3n) is 4.86. The molecule has 1 saturated carbocycles. The van der Waals surface area contributed by atoms with Crippen LogP contribution in [0.25, 0.3) is 0 Å². The van der Waals surface area contributed by atoms with Gasteiger partial charge in [-0.1, -0.05) is 29.3 Å². The zero-order valence-electron chi connectivity index (χ0n) is 15.8. The number of ether oxygens (including phenoxy) is 1. The molecule has 27 heavy (non-hydrogen) atoms.